The van der Waals surface area contributed by atoms with Crippen molar-refractivity contribution in [1.29, 1.82) is 0 Å². The van der Waals surface area contributed by atoms with Crippen LogP contribution in [0.2, 0.25) is 0 Å². The van der Waals surface area contributed by atoms with Gasteiger partial charge in [0.1, 0.15) is 0 Å². The molecule has 2 N–H and O–H groups in total. The normalized spacial score (nSPS) is 16.4. The summed E-state index contributed by atoms with van der Waals surface area (Å²) in [5.41, 5.74) is 0.421. The lowest BCUT2D eigenvalue weighted by Gasteiger charge is -2.41. The topological polar surface area (TPSA) is 72.0 Å². The zero-order chi connectivity index (χ0) is 15.3. The SMILES string of the molecule is CCNc1nc(NCC2(CC)CCC2)nc(OC(C)C)n1. The van der Waals surface area contributed by atoms with Gasteiger partial charge in [-0.3, -0.25) is 0 Å². The number of nitrogens with one attached hydrogen (secondary N) is 2. The highest BCUT2D eigenvalue weighted by Gasteiger charge is 2.34. The molecule has 0 aromatic carbocycles. The molecule has 0 radical (unpaired) electrons. The first-order chi connectivity index (χ1) is 10.1. The Morgan fingerprint density at radius 3 is 2.24 bits per heavy atom. The Balaban J connectivity index is 2.07. The first-order valence-corrected chi connectivity index (χ1v) is 7.97. The van der Waals surface area contributed by atoms with Crippen LogP contribution in [0.15, 0.2) is 0 Å². The molecular formula is C15H27N5O. The maximum Gasteiger partial charge on any atom is 0.323 e. The standard InChI is InChI=1S/C15H27N5O/c1-5-15(8-7-9-15)10-17-13-18-12(16-6-2)19-14(20-13)21-11(3)4/h11H,5-10H2,1-4H3,(H2,16,17,18,19,20). The molecule has 1 aliphatic rings. The smallest absolute Gasteiger partial charge is 0.323 e. The van der Waals surface area contributed by atoms with Crippen molar-refractivity contribution in [3.8, 4) is 6.01 Å². The van der Waals surface area contributed by atoms with Gasteiger partial charge in [-0.25, -0.2) is 0 Å². The molecule has 1 fully saturated rings. The molecule has 0 bridgehead atoms. The average Bonchev–Trinajstić information content (AvgIpc) is 2.37. The zero-order valence-electron chi connectivity index (χ0n) is 13.6. The number of anilines is 2. The Morgan fingerprint density at radius 2 is 1.76 bits per heavy atom. The van der Waals surface area contributed by atoms with Crippen LogP contribution in [-0.4, -0.2) is 34.1 Å². The van der Waals surface area contributed by atoms with E-state index in [-0.39, 0.29) is 6.10 Å². The summed E-state index contributed by atoms with van der Waals surface area (Å²) in [5, 5.41) is 6.49. The number of aromatic nitrogens is 3. The van der Waals surface area contributed by atoms with E-state index in [4.69, 9.17) is 4.74 Å². The Kier molecular flexibility index (Phi) is 5.20. The second kappa shape index (κ2) is 6.91. The van der Waals surface area contributed by atoms with Gasteiger partial charge >= 0.3 is 6.01 Å². The van der Waals surface area contributed by atoms with E-state index in [1.807, 2.05) is 20.8 Å². The lowest BCUT2D eigenvalue weighted by Crippen LogP contribution is -2.36. The van der Waals surface area contributed by atoms with E-state index in [0.717, 1.165) is 13.1 Å². The Bertz CT molecular complexity index is 454. The van der Waals surface area contributed by atoms with Crippen molar-refractivity contribution in [3.63, 3.8) is 0 Å². The van der Waals surface area contributed by atoms with Gasteiger partial charge < -0.3 is 15.4 Å². The van der Waals surface area contributed by atoms with Crippen LogP contribution >= 0.6 is 0 Å². The van der Waals surface area contributed by atoms with Crippen LogP contribution in [-0.2, 0) is 0 Å². The largest absolute Gasteiger partial charge is 0.461 e. The quantitative estimate of drug-likeness (QED) is 0.767. The molecule has 0 aliphatic heterocycles. The van der Waals surface area contributed by atoms with Crippen LogP contribution in [0.1, 0.15) is 53.4 Å². The van der Waals surface area contributed by atoms with Crippen molar-refractivity contribution in [2.45, 2.75) is 59.5 Å². The molecular weight excluding hydrogens is 266 g/mol. The van der Waals surface area contributed by atoms with E-state index in [2.05, 4.69) is 32.5 Å². The van der Waals surface area contributed by atoms with Crippen molar-refractivity contribution in [2.24, 2.45) is 5.41 Å². The fourth-order valence-electron chi connectivity index (χ4n) is 2.53. The van der Waals surface area contributed by atoms with Crippen molar-refractivity contribution >= 4 is 11.9 Å². The summed E-state index contributed by atoms with van der Waals surface area (Å²) in [6.07, 6.45) is 5.15. The minimum absolute atomic E-state index is 0.0448. The Morgan fingerprint density at radius 1 is 1.10 bits per heavy atom. The van der Waals surface area contributed by atoms with E-state index in [0.29, 0.717) is 23.3 Å². The lowest BCUT2D eigenvalue weighted by molar-refractivity contribution is 0.144. The van der Waals surface area contributed by atoms with Gasteiger partial charge in [0, 0.05) is 13.1 Å². The van der Waals surface area contributed by atoms with Crippen LogP contribution in [0.4, 0.5) is 11.9 Å². The summed E-state index contributed by atoms with van der Waals surface area (Å²) in [6.45, 7) is 9.88. The third-order valence-corrected chi connectivity index (χ3v) is 4.08. The summed E-state index contributed by atoms with van der Waals surface area (Å²) in [5.74, 6) is 1.15. The number of nitrogens with zero attached hydrogens (tertiary/aromatic N) is 3. The summed E-state index contributed by atoms with van der Waals surface area (Å²) in [4.78, 5) is 13.0. The third kappa shape index (κ3) is 4.19. The van der Waals surface area contributed by atoms with E-state index in [1.165, 1.54) is 25.7 Å². The van der Waals surface area contributed by atoms with Gasteiger partial charge in [-0.05, 0) is 45.4 Å². The number of ether oxygens (including phenoxy) is 1. The van der Waals surface area contributed by atoms with Crippen molar-refractivity contribution in [1.82, 2.24) is 15.0 Å². The van der Waals surface area contributed by atoms with E-state index in [9.17, 15) is 0 Å². The van der Waals surface area contributed by atoms with Gasteiger partial charge in [0.05, 0.1) is 6.10 Å². The van der Waals surface area contributed by atoms with Crippen LogP contribution in [0, 0.1) is 5.41 Å². The molecule has 1 aliphatic carbocycles. The zero-order valence-corrected chi connectivity index (χ0v) is 13.6. The fraction of sp³-hybridized carbons (Fsp3) is 0.800. The van der Waals surface area contributed by atoms with Crippen LogP contribution < -0.4 is 15.4 Å². The van der Waals surface area contributed by atoms with Gasteiger partial charge in [0.25, 0.3) is 0 Å². The molecule has 1 aromatic rings. The maximum absolute atomic E-state index is 5.60. The molecule has 0 spiro atoms. The molecule has 0 atom stereocenters. The van der Waals surface area contributed by atoms with Crippen molar-refractivity contribution in [2.75, 3.05) is 23.7 Å². The predicted molar refractivity (Wildman–Crippen MR) is 84.8 cm³/mol. The monoisotopic (exact) mass is 293 g/mol. The molecule has 1 aromatic heterocycles. The van der Waals surface area contributed by atoms with E-state index < -0.39 is 0 Å². The van der Waals surface area contributed by atoms with Crippen LogP contribution in [0.25, 0.3) is 0 Å². The maximum atomic E-state index is 5.60. The molecule has 1 heterocycles. The first kappa shape index (κ1) is 15.8. The highest BCUT2D eigenvalue weighted by molar-refractivity contribution is 5.36. The van der Waals surface area contributed by atoms with Crippen LogP contribution in [0.3, 0.4) is 0 Å². The summed E-state index contributed by atoms with van der Waals surface area (Å²) < 4.78 is 5.60. The first-order valence-electron chi connectivity index (χ1n) is 7.97. The Hall–Kier alpha value is -1.59. The minimum atomic E-state index is 0.0448. The highest BCUT2D eigenvalue weighted by Crippen LogP contribution is 2.43. The molecule has 6 heteroatoms. The lowest BCUT2D eigenvalue weighted by atomic mass is 9.67. The molecule has 0 amide bonds. The average molecular weight is 293 g/mol. The summed E-state index contributed by atoms with van der Waals surface area (Å²) in [7, 11) is 0. The van der Waals surface area contributed by atoms with E-state index in [1.54, 1.807) is 0 Å². The molecule has 0 saturated heterocycles. The Labute approximate surface area is 127 Å². The van der Waals surface area contributed by atoms with Gasteiger partial charge in [0.15, 0.2) is 0 Å². The second-order valence-electron chi connectivity index (χ2n) is 6.02. The third-order valence-electron chi connectivity index (χ3n) is 4.08. The number of hydrogen-bond acceptors (Lipinski definition) is 6. The molecule has 2 rings (SSSR count). The predicted octanol–water partition coefficient (Wildman–Crippen LogP) is 3.08. The molecule has 0 unspecified atom stereocenters. The van der Waals surface area contributed by atoms with Gasteiger partial charge in [0.2, 0.25) is 11.9 Å². The van der Waals surface area contributed by atoms with Crippen molar-refractivity contribution in [3.05, 3.63) is 0 Å². The number of hydrogen-bond donors (Lipinski definition) is 2. The van der Waals surface area contributed by atoms with Gasteiger partial charge in [-0.2, -0.15) is 15.0 Å². The number of rotatable bonds is 8. The molecule has 118 valence electrons. The highest BCUT2D eigenvalue weighted by atomic mass is 16.5. The summed E-state index contributed by atoms with van der Waals surface area (Å²) >= 11 is 0. The van der Waals surface area contributed by atoms with Gasteiger partial charge in [-0.1, -0.05) is 13.3 Å². The second-order valence-corrected chi connectivity index (χ2v) is 6.02. The summed E-state index contributed by atoms with van der Waals surface area (Å²) in [6, 6.07) is 0.373. The fourth-order valence-corrected chi connectivity index (χ4v) is 2.53. The van der Waals surface area contributed by atoms with Crippen LogP contribution in [0.5, 0.6) is 6.01 Å². The van der Waals surface area contributed by atoms with E-state index >= 15 is 0 Å². The van der Waals surface area contributed by atoms with Crippen molar-refractivity contribution < 1.29 is 4.74 Å². The molecule has 6 nitrogen and oxygen atoms in total. The van der Waals surface area contributed by atoms with Gasteiger partial charge in [-0.15, -0.1) is 0 Å². The minimum Gasteiger partial charge on any atom is -0.461 e. The molecule has 1 saturated carbocycles. The molecule has 21 heavy (non-hydrogen) atoms.